The van der Waals surface area contributed by atoms with Crippen molar-refractivity contribution in [3.8, 4) is 0 Å². The molecule has 0 atom stereocenters. The zero-order chi connectivity index (χ0) is 10.3. The summed E-state index contributed by atoms with van der Waals surface area (Å²) in [6.07, 6.45) is 0.619. The van der Waals surface area contributed by atoms with Gasteiger partial charge in [0.15, 0.2) is 9.84 Å². The Bertz CT molecular complexity index is 211. The first-order chi connectivity index (χ1) is 5.98. The van der Waals surface area contributed by atoms with Gasteiger partial charge in [-0.3, -0.25) is 0 Å². The van der Waals surface area contributed by atoms with Crippen molar-refractivity contribution in [2.24, 2.45) is 5.73 Å². The number of hydrogen-bond acceptors (Lipinski definition) is 4. The van der Waals surface area contributed by atoms with Gasteiger partial charge >= 0.3 is 0 Å². The lowest BCUT2D eigenvalue weighted by Gasteiger charge is -2.07. The molecule has 0 amide bonds. The van der Waals surface area contributed by atoms with E-state index in [0.29, 0.717) is 13.0 Å². The first-order valence-electron chi connectivity index (χ1n) is 4.50. The summed E-state index contributed by atoms with van der Waals surface area (Å²) in [5.41, 5.74) is 5.22. The van der Waals surface area contributed by atoms with Crippen LogP contribution in [0.25, 0.3) is 0 Å². The Morgan fingerprint density at radius 3 is 2.38 bits per heavy atom. The second kappa shape index (κ2) is 6.34. The fraction of sp³-hybridized carbons (Fsp3) is 1.00. The summed E-state index contributed by atoms with van der Waals surface area (Å²) in [5, 5.41) is 0. The van der Waals surface area contributed by atoms with Crippen LogP contribution >= 0.6 is 0 Å². The van der Waals surface area contributed by atoms with E-state index in [0.717, 1.165) is 0 Å². The van der Waals surface area contributed by atoms with E-state index in [-0.39, 0.29) is 24.2 Å². The predicted octanol–water partition coefficient (Wildman–Crippen LogP) is 0.175. The Balaban J connectivity index is 3.64. The van der Waals surface area contributed by atoms with Crippen molar-refractivity contribution in [3.63, 3.8) is 0 Å². The molecule has 0 radical (unpaired) electrons. The molecule has 0 saturated carbocycles. The highest BCUT2D eigenvalue weighted by atomic mass is 32.2. The minimum absolute atomic E-state index is 0.0877. The van der Waals surface area contributed by atoms with Gasteiger partial charge in [0.1, 0.15) is 0 Å². The van der Waals surface area contributed by atoms with E-state index in [4.69, 9.17) is 10.5 Å². The van der Waals surface area contributed by atoms with Gasteiger partial charge in [-0.05, 0) is 26.8 Å². The van der Waals surface area contributed by atoms with Crippen LogP contribution in [0, 0.1) is 0 Å². The zero-order valence-electron chi connectivity index (χ0n) is 8.32. The second-order valence-corrected chi connectivity index (χ2v) is 5.52. The normalized spacial score (nSPS) is 12.3. The molecule has 0 spiro atoms. The average molecular weight is 209 g/mol. The van der Waals surface area contributed by atoms with Crippen molar-refractivity contribution in [1.82, 2.24) is 0 Å². The molecule has 0 heterocycles. The third-order valence-corrected chi connectivity index (χ3v) is 3.20. The Morgan fingerprint density at radius 2 is 1.92 bits per heavy atom. The van der Waals surface area contributed by atoms with Gasteiger partial charge < -0.3 is 10.5 Å². The molecule has 0 unspecified atom stereocenters. The molecule has 0 bridgehead atoms. The van der Waals surface area contributed by atoms with Crippen LogP contribution in [0.2, 0.25) is 0 Å². The molecule has 0 fully saturated rings. The van der Waals surface area contributed by atoms with Gasteiger partial charge in [-0.15, -0.1) is 0 Å². The van der Waals surface area contributed by atoms with Crippen LogP contribution in [-0.2, 0) is 14.6 Å². The van der Waals surface area contributed by atoms with Crippen molar-refractivity contribution < 1.29 is 13.2 Å². The molecule has 0 aromatic rings. The van der Waals surface area contributed by atoms with Crippen LogP contribution in [0.5, 0.6) is 0 Å². The highest BCUT2D eigenvalue weighted by molar-refractivity contribution is 7.91. The molecule has 2 N–H and O–H groups in total. The van der Waals surface area contributed by atoms with E-state index in [2.05, 4.69) is 0 Å². The molecule has 80 valence electrons. The van der Waals surface area contributed by atoms with Gasteiger partial charge in [0.2, 0.25) is 0 Å². The molecule has 0 aliphatic rings. The third kappa shape index (κ3) is 8.21. The number of sulfone groups is 1. The highest BCUT2D eigenvalue weighted by Crippen LogP contribution is 1.95. The smallest absolute Gasteiger partial charge is 0.152 e. The summed E-state index contributed by atoms with van der Waals surface area (Å²) in [7, 11) is -2.94. The molecule has 0 saturated heterocycles. The fourth-order valence-corrected chi connectivity index (χ4v) is 1.98. The monoisotopic (exact) mass is 209 g/mol. The maximum Gasteiger partial charge on any atom is 0.152 e. The van der Waals surface area contributed by atoms with Gasteiger partial charge in [0, 0.05) is 0 Å². The van der Waals surface area contributed by atoms with E-state index >= 15 is 0 Å². The van der Waals surface area contributed by atoms with E-state index in [9.17, 15) is 8.42 Å². The second-order valence-electron chi connectivity index (χ2n) is 3.21. The van der Waals surface area contributed by atoms with E-state index in [1.807, 2.05) is 13.8 Å². The first kappa shape index (κ1) is 12.9. The Labute approximate surface area is 80.4 Å². The standard InChI is InChI=1S/C8H19NO3S/c1-8(2)12-5-7-13(10,11)6-3-4-9/h8H,3-7,9H2,1-2H3. The largest absolute Gasteiger partial charge is 0.378 e. The molecule has 0 aliphatic heterocycles. The molecular weight excluding hydrogens is 190 g/mol. The molecular formula is C8H19NO3S. The van der Waals surface area contributed by atoms with Gasteiger partial charge in [-0.25, -0.2) is 8.42 Å². The Hall–Kier alpha value is -0.130. The minimum Gasteiger partial charge on any atom is -0.378 e. The SMILES string of the molecule is CC(C)OCCS(=O)(=O)CCCN. The molecule has 0 rings (SSSR count). The van der Waals surface area contributed by atoms with Crippen LogP contribution in [0.4, 0.5) is 0 Å². The maximum absolute atomic E-state index is 11.2. The van der Waals surface area contributed by atoms with Crippen molar-refractivity contribution in [2.75, 3.05) is 24.7 Å². The number of ether oxygens (including phenoxy) is 1. The molecule has 13 heavy (non-hydrogen) atoms. The highest BCUT2D eigenvalue weighted by Gasteiger charge is 2.09. The Morgan fingerprint density at radius 1 is 1.31 bits per heavy atom. The number of nitrogens with two attached hydrogens (primary N) is 1. The molecule has 0 aromatic carbocycles. The maximum atomic E-state index is 11.2. The minimum atomic E-state index is -2.94. The van der Waals surface area contributed by atoms with Crippen molar-refractivity contribution >= 4 is 9.84 Å². The van der Waals surface area contributed by atoms with Crippen LogP contribution in [0.3, 0.4) is 0 Å². The van der Waals surface area contributed by atoms with Gasteiger partial charge in [0.05, 0.1) is 24.2 Å². The summed E-state index contributed by atoms with van der Waals surface area (Å²) in [6.45, 7) is 4.47. The summed E-state index contributed by atoms with van der Waals surface area (Å²) >= 11 is 0. The fourth-order valence-electron chi connectivity index (χ4n) is 0.816. The van der Waals surface area contributed by atoms with Crippen molar-refractivity contribution in [3.05, 3.63) is 0 Å². The quantitative estimate of drug-likeness (QED) is 0.649. The average Bonchev–Trinajstić information content (AvgIpc) is 2.00. The zero-order valence-corrected chi connectivity index (χ0v) is 9.14. The van der Waals surface area contributed by atoms with Gasteiger partial charge in [0.25, 0.3) is 0 Å². The van der Waals surface area contributed by atoms with E-state index in [1.165, 1.54) is 0 Å². The first-order valence-corrected chi connectivity index (χ1v) is 6.32. The van der Waals surface area contributed by atoms with Crippen molar-refractivity contribution in [1.29, 1.82) is 0 Å². The number of rotatable bonds is 7. The Kier molecular flexibility index (Phi) is 6.28. The predicted molar refractivity (Wildman–Crippen MR) is 53.4 cm³/mol. The summed E-state index contributed by atoms with van der Waals surface area (Å²) < 4.78 is 27.6. The molecule has 4 nitrogen and oxygen atoms in total. The molecule has 5 heteroatoms. The summed E-state index contributed by atoms with van der Waals surface area (Å²) in [4.78, 5) is 0. The van der Waals surface area contributed by atoms with E-state index in [1.54, 1.807) is 0 Å². The lowest BCUT2D eigenvalue weighted by atomic mass is 10.5. The number of hydrogen-bond donors (Lipinski definition) is 1. The summed E-state index contributed by atoms with van der Waals surface area (Å²) in [6, 6.07) is 0. The van der Waals surface area contributed by atoms with Crippen LogP contribution < -0.4 is 5.73 Å². The van der Waals surface area contributed by atoms with Crippen LogP contribution in [0.1, 0.15) is 20.3 Å². The van der Waals surface area contributed by atoms with Gasteiger partial charge in [-0.1, -0.05) is 0 Å². The van der Waals surface area contributed by atoms with Crippen molar-refractivity contribution in [2.45, 2.75) is 26.4 Å². The van der Waals surface area contributed by atoms with Gasteiger partial charge in [-0.2, -0.15) is 0 Å². The topological polar surface area (TPSA) is 69.4 Å². The lowest BCUT2D eigenvalue weighted by molar-refractivity contribution is 0.0912. The lowest BCUT2D eigenvalue weighted by Crippen LogP contribution is -2.19. The third-order valence-electron chi connectivity index (χ3n) is 1.50. The molecule has 0 aromatic heterocycles. The van der Waals surface area contributed by atoms with Crippen LogP contribution in [-0.4, -0.2) is 39.2 Å². The summed E-state index contributed by atoms with van der Waals surface area (Å²) in [5.74, 6) is 0.274. The van der Waals surface area contributed by atoms with E-state index < -0.39 is 9.84 Å². The molecule has 0 aliphatic carbocycles. The van der Waals surface area contributed by atoms with Crippen LogP contribution in [0.15, 0.2) is 0 Å².